The summed E-state index contributed by atoms with van der Waals surface area (Å²) in [5, 5.41) is 20.6. The van der Waals surface area contributed by atoms with Gasteiger partial charge in [-0.3, -0.25) is 0 Å². The third-order valence-corrected chi connectivity index (χ3v) is 5.21. The number of para-hydroxylation sites is 1. The van der Waals surface area contributed by atoms with Gasteiger partial charge in [0.25, 0.3) is 0 Å². The highest BCUT2D eigenvalue weighted by Crippen LogP contribution is 2.42. The van der Waals surface area contributed by atoms with Crippen LogP contribution in [0.3, 0.4) is 0 Å². The monoisotopic (exact) mass is 293 g/mol. The SMILES string of the molecule is CC(O)c1cccc(F)c1N1CCC2(O)CCCCC2C1. The quantitative estimate of drug-likeness (QED) is 0.881. The standard InChI is InChI=1S/C17H24FNO2/c1-12(20)14-6-4-7-15(18)16(14)19-10-9-17(21)8-3-2-5-13(17)11-19/h4,6-7,12-13,20-21H,2-3,5,8-11H2,1H3. The lowest BCUT2D eigenvalue weighted by Crippen LogP contribution is -2.53. The van der Waals surface area contributed by atoms with Crippen LogP contribution in [0, 0.1) is 11.7 Å². The summed E-state index contributed by atoms with van der Waals surface area (Å²) in [4.78, 5) is 2.02. The first-order valence-corrected chi connectivity index (χ1v) is 7.95. The minimum absolute atomic E-state index is 0.210. The molecule has 1 saturated heterocycles. The minimum atomic E-state index is -0.692. The Morgan fingerprint density at radius 1 is 1.33 bits per heavy atom. The van der Waals surface area contributed by atoms with Crippen molar-refractivity contribution in [3.8, 4) is 0 Å². The molecule has 21 heavy (non-hydrogen) atoms. The van der Waals surface area contributed by atoms with E-state index in [4.69, 9.17) is 0 Å². The van der Waals surface area contributed by atoms with E-state index in [1.54, 1.807) is 19.1 Å². The average Bonchev–Trinajstić information content (AvgIpc) is 2.46. The highest BCUT2D eigenvalue weighted by molar-refractivity contribution is 5.56. The Bertz CT molecular complexity index is 520. The number of fused-ring (bicyclic) bond motifs is 1. The maximum Gasteiger partial charge on any atom is 0.146 e. The van der Waals surface area contributed by atoms with Gasteiger partial charge in [0, 0.05) is 24.6 Å². The molecule has 2 fully saturated rings. The van der Waals surface area contributed by atoms with Crippen molar-refractivity contribution >= 4 is 5.69 Å². The van der Waals surface area contributed by atoms with Gasteiger partial charge >= 0.3 is 0 Å². The Morgan fingerprint density at radius 3 is 2.90 bits per heavy atom. The van der Waals surface area contributed by atoms with Crippen LogP contribution in [0.15, 0.2) is 18.2 Å². The molecular formula is C17H24FNO2. The second-order valence-electron chi connectivity index (χ2n) is 6.60. The van der Waals surface area contributed by atoms with Gasteiger partial charge < -0.3 is 15.1 Å². The van der Waals surface area contributed by atoms with Gasteiger partial charge in [-0.15, -0.1) is 0 Å². The lowest BCUT2D eigenvalue weighted by molar-refractivity contribution is -0.0614. The number of benzene rings is 1. The van der Waals surface area contributed by atoms with Gasteiger partial charge in [0.15, 0.2) is 0 Å². The van der Waals surface area contributed by atoms with Gasteiger partial charge in [-0.05, 0) is 32.3 Å². The molecule has 0 spiro atoms. The molecule has 1 aromatic rings. The Hall–Kier alpha value is -1.13. The van der Waals surface area contributed by atoms with Crippen molar-refractivity contribution in [2.24, 2.45) is 5.92 Å². The summed E-state index contributed by atoms with van der Waals surface area (Å²) in [6.45, 7) is 2.99. The summed E-state index contributed by atoms with van der Waals surface area (Å²) in [7, 11) is 0. The van der Waals surface area contributed by atoms with E-state index in [9.17, 15) is 14.6 Å². The third kappa shape index (κ3) is 2.67. The van der Waals surface area contributed by atoms with E-state index < -0.39 is 11.7 Å². The summed E-state index contributed by atoms with van der Waals surface area (Å²) in [6, 6.07) is 4.87. The predicted molar refractivity (Wildman–Crippen MR) is 80.8 cm³/mol. The van der Waals surface area contributed by atoms with Crippen molar-refractivity contribution < 1.29 is 14.6 Å². The molecule has 4 heteroatoms. The van der Waals surface area contributed by atoms with Gasteiger partial charge in [0.2, 0.25) is 0 Å². The first-order valence-electron chi connectivity index (χ1n) is 7.95. The highest BCUT2D eigenvalue weighted by atomic mass is 19.1. The second kappa shape index (κ2) is 5.58. The molecule has 1 aliphatic heterocycles. The maximum absolute atomic E-state index is 14.3. The zero-order chi connectivity index (χ0) is 15.0. The second-order valence-corrected chi connectivity index (χ2v) is 6.60. The highest BCUT2D eigenvalue weighted by Gasteiger charge is 2.43. The smallest absolute Gasteiger partial charge is 0.146 e. The van der Waals surface area contributed by atoms with Crippen molar-refractivity contribution in [1.82, 2.24) is 0 Å². The van der Waals surface area contributed by atoms with Gasteiger partial charge in [0.05, 0.1) is 17.4 Å². The van der Waals surface area contributed by atoms with E-state index in [1.807, 2.05) is 4.90 Å². The fourth-order valence-corrected chi connectivity index (χ4v) is 3.98. The number of hydrogen-bond donors (Lipinski definition) is 2. The van der Waals surface area contributed by atoms with Crippen molar-refractivity contribution in [3.05, 3.63) is 29.6 Å². The zero-order valence-electron chi connectivity index (χ0n) is 12.6. The van der Waals surface area contributed by atoms with Crippen LogP contribution in [0.1, 0.15) is 50.7 Å². The molecule has 3 nitrogen and oxygen atoms in total. The number of rotatable bonds is 2. The van der Waals surface area contributed by atoms with Gasteiger partial charge in [-0.1, -0.05) is 25.0 Å². The molecule has 0 radical (unpaired) electrons. The van der Waals surface area contributed by atoms with Crippen molar-refractivity contribution in [3.63, 3.8) is 0 Å². The molecule has 2 aliphatic rings. The topological polar surface area (TPSA) is 43.7 Å². The number of piperidine rings is 1. The van der Waals surface area contributed by atoms with Crippen LogP contribution in [0.2, 0.25) is 0 Å². The van der Waals surface area contributed by atoms with Crippen LogP contribution in [0.5, 0.6) is 0 Å². The van der Waals surface area contributed by atoms with Crippen molar-refractivity contribution in [2.45, 2.75) is 50.7 Å². The molecule has 0 amide bonds. The number of hydrogen-bond acceptors (Lipinski definition) is 3. The molecule has 3 rings (SSSR count). The van der Waals surface area contributed by atoms with E-state index in [0.717, 1.165) is 25.7 Å². The number of anilines is 1. The van der Waals surface area contributed by atoms with Gasteiger partial charge in [0.1, 0.15) is 5.82 Å². The Balaban J connectivity index is 1.89. The summed E-state index contributed by atoms with van der Waals surface area (Å²) in [5.74, 6) is -0.0731. The normalized spacial score (nSPS) is 30.9. The fourth-order valence-electron chi connectivity index (χ4n) is 3.98. The van der Waals surface area contributed by atoms with Crippen molar-refractivity contribution in [2.75, 3.05) is 18.0 Å². The van der Waals surface area contributed by atoms with Crippen LogP contribution in [-0.2, 0) is 0 Å². The molecular weight excluding hydrogens is 269 g/mol. The van der Waals surface area contributed by atoms with Crippen LogP contribution >= 0.6 is 0 Å². The Morgan fingerprint density at radius 2 is 2.14 bits per heavy atom. The lowest BCUT2D eigenvalue weighted by Gasteiger charge is -2.48. The number of aliphatic hydroxyl groups excluding tert-OH is 1. The lowest BCUT2D eigenvalue weighted by atomic mass is 9.71. The molecule has 3 atom stereocenters. The summed E-state index contributed by atoms with van der Waals surface area (Å²) in [6.07, 6.45) is 4.10. The van der Waals surface area contributed by atoms with Gasteiger partial charge in [-0.2, -0.15) is 0 Å². The van der Waals surface area contributed by atoms with E-state index in [-0.39, 0.29) is 11.7 Å². The minimum Gasteiger partial charge on any atom is -0.389 e. The van der Waals surface area contributed by atoms with E-state index in [0.29, 0.717) is 30.8 Å². The third-order valence-electron chi connectivity index (χ3n) is 5.21. The molecule has 0 aromatic heterocycles. The Labute approximate surface area is 125 Å². The van der Waals surface area contributed by atoms with Crippen LogP contribution in [0.4, 0.5) is 10.1 Å². The van der Waals surface area contributed by atoms with Crippen LogP contribution < -0.4 is 4.90 Å². The number of halogens is 1. The van der Waals surface area contributed by atoms with Crippen LogP contribution in [-0.4, -0.2) is 28.9 Å². The predicted octanol–water partition coefficient (Wildman–Crippen LogP) is 3.01. The van der Waals surface area contributed by atoms with Crippen molar-refractivity contribution in [1.29, 1.82) is 0 Å². The largest absolute Gasteiger partial charge is 0.389 e. The van der Waals surface area contributed by atoms with Crippen LogP contribution in [0.25, 0.3) is 0 Å². The van der Waals surface area contributed by atoms with E-state index in [2.05, 4.69) is 0 Å². The summed E-state index contributed by atoms with van der Waals surface area (Å²) < 4.78 is 14.3. The zero-order valence-corrected chi connectivity index (χ0v) is 12.6. The molecule has 1 saturated carbocycles. The Kier molecular flexibility index (Phi) is 3.93. The first-order chi connectivity index (χ1) is 10.0. The van der Waals surface area contributed by atoms with Gasteiger partial charge in [-0.25, -0.2) is 4.39 Å². The molecule has 1 aliphatic carbocycles. The molecule has 1 heterocycles. The molecule has 1 aromatic carbocycles. The first kappa shape index (κ1) is 14.8. The summed E-state index contributed by atoms with van der Waals surface area (Å²) >= 11 is 0. The molecule has 116 valence electrons. The molecule has 0 bridgehead atoms. The molecule has 3 unspecified atom stereocenters. The number of nitrogens with zero attached hydrogens (tertiary/aromatic N) is 1. The summed E-state index contributed by atoms with van der Waals surface area (Å²) in [5.41, 5.74) is 0.585. The molecule has 2 N–H and O–H groups in total. The van der Waals surface area contributed by atoms with E-state index in [1.165, 1.54) is 6.07 Å². The maximum atomic E-state index is 14.3. The average molecular weight is 293 g/mol. The van der Waals surface area contributed by atoms with E-state index >= 15 is 0 Å². The number of aliphatic hydroxyl groups is 2. The fraction of sp³-hybridized carbons (Fsp3) is 0.647.